The highest BCUT2D eigenvalue weighted by Crippen LogP contribution is 2.28. The molecule has 0 bridgehead atoms. The van der Waals surface area contributed by atoms with E-state index in [0.29, 0.717) is 6.04 Å². The van der Waals surface area contributed by atoms with Crippen LogP contribution in [0.2, 0.25) is 0 Å². The molecule has 1 saturated carbocycles. The van der Waals surface area contributed by atoms with Gasteiger partial charge in [0.2, 0.25) is 0 Å². The SMILES string of the molecule is Cc1cc(N)ccc1N[C@H]1CCCC[C@@H]1C. The van der Waals surface area contributed by atoms with E-state index in [1.165, 1.54) is 36.9 Å². The Labute approximate surface area is 98.2 Å². The zero-order valence-corrected chi connectivity index (χ0v) is 10.3. The highest BCUT2D eigenvalue weighted by molar-refractivity contribution is 5.57. The largest absolute Gasteiger partial charge is 0.399 e. The summed E-state index contributed by atoms with van der Waals surface area (Å²) in [5, 5.41) is 3.67. The van der Waals surface area contributed by atoms with Gasteiger partial charge in [0.25, 0.3) is 0 Å². The lowest BCUT2D eigenvalue weighted by atomic mass is 9.85. The van der Waals surface area contributed by atoms with E-state index < -0.39 is 0 Å². The van der Waals surface area contributed by atoms with Crippen LogP contribution in [-0.4, -0.2) is 6.04 Å². The van der Waals surface area contributed by atoms with Crippen LogP contribution in [0.4, 0.5) is 11.4 Å². The Bertz CT molecular complexity index is 360. The molecule has 2 nitrogen and oxygen atoms in total. The van der Waals surface area contributed by atoms with Crippen LogP contribution < -0.4 is 11.1 Å². The van der Waals surface area contributed by atoms with Gasteiger partial charge < -0.3 is 11.1 Å². The van der Waals surface area contributed by atoms with Gasteiger partial charge in [0.1, 0.15) is 0 Å². The second kappa shape index (κ2) is 4.77. The molecule has 1 aliphatic rings. The van der Waals surface area contributed by atoms with Crippen molar-refractivity contribution in [3.63, 3.8) is 0 Å². The van der Waals surface area contributed by atoms with Gasteiger partial charge in [0, 0.05) is 17.4 Å². The smallest absolute Gasteiger partial charge is 0.0373 e. The van der Waals surface area contributed by atoms with Crippen LogP contribution in [0, 0.1) is 12.8 Å². The summed E-state index contributed by atoms with van der Waals surface area (Å²) >= 11 is 0. The maximum absolute atomic E-state index is 5.76. The Morgan fingerprint density at radius 1 is 1.25 bits per heavy atom. The Hall–Kier alpha value is -1.18. The van der Waals surface area contributed by atoms with Gasteiger partial charge in [-0.3, -0.25) is 0 Å². The molecular formula is C14H22N2. The van der Waals surface area contributed by atoms with Gasteiger partial charge in [-0.1, -0.05) is 19.8 Å². The van der Waals surface area contributed by atoms with Crippen LogP contribution in [0.1, 0.15) is 38.2 Å². The second-order valence-corrected chi connectivity index (χ2v) is 5.09. The highest BCUT2D eigenvalue weighted by atomic mass is 14.9. The molecule has 0 unspecified atom stereocenters. The maximum Gasteiger partial charge on any atom is 0.0373 e. The first-order valence-electron chi connectivity index (χ1n) is 6.29. The number of rotatable bonds is 2. The molecule has 2 rings (SSSR count). The first-order chi connectivity index (χ1) is 7.66. The van der Waals surface area contributed by atoms with Crippen molar-refractivity contribution >= 4 is 11.4 Å². The Morgan fingerprint density at radius 2 is 2.00 bits per heavy atom. The molecule has 0 spiro atoms. The van der Waals surface area contributed by atoms with E-state index in [0.717, 1.165) is 11.6 Å². The molecule has 2 atom stereocenters. The van der Waals surface area contributed by atoms with Gasteiger partial charge in [0.15, 0.2) is 0 Å². The molecule has 0 amide bonds. The summed E-state index contributed by atoms with van der Waals surface area (Å²) in [5.41, 5.74) is 9.10. The molecule has 1 aromatic rings. The molecule has 0 saturated heterocycles. The monoisotopic (exact) mass is 218 g/mol. The van der Waals surface area contributed by atoms with Crippen molar-refractivity contribution in [3.05, 3.63) is 23.8 Å². The zero-order valence-electron chi connectivity index (χ0n) is 10.3. The predicted octanol–water partition coefficient (Wildman–Crippen LogP) is 3.57. The van der Waals surface area contributed by atoms with Crippen molar-refractivity contribution in [1.29, 1.82) is 0 Å². The van der Waals surface area contributed by atoms with E-state index >= 15 is 0 Å². The van der Waals surface area contributed by atoms with Crippen molar-refractivity contribution in [1.82, 2.24) is 0 Å². The molecule has 1 fully saturated rings. The number of nitrogens with two attached hydrogens (primary N) is 1. The number of nitrogen functional groups attached to an aromatic ring is 1. The van der Waals surface area contributed by atoms with Crippen LogP contribution >= 0.6 is 0 Å². The van der Waals surface area contributed by atoms with E-state index in [-0.39, 0.29) is 0 Å². The number of hydrogen-bond donors (Lipinski definition) is 2. The van der Waals surface area contributed by atoms with E-state index in [2.05, 4.69) is 25.2 Å². The van der Waals surface area contributed by atoms with Gasteiger partial charge >= 0.3 is 0 Å². The fourth-order valence-corrected chi connectivity index (χ4v) is 2.58. The topological polar surface area (TPSA) is 38.0 Å². The zero-order chi connectivity index (χ0) is 11.5. The summed E-state index contributed by atoms with van der Waals surface area (Å²) in [6.07, 6.45) is 5.40. The lowest BCUT2D eigenvalue weighted by molar-refractivity contribution is 0.349. The number of nitrogens with one attached hydrogen (secondary N) is 1. The van der Waals surface area contributed by atoms with Crippen LogP contribution in [0.15, 0.2) is 18.2 Å². The molecule has 0 heterocycles. The summed E-state index contributed by atoms with van der Waals surface area (Å²) in [5.74, 6) is 0.783. The van der Waals surface area contributed by atoms with Crippen molar-refractivity contribution in [2.75, 3.05) is 11.1 Å². The Kier molecular flexibility index (Phi) is 3.37. The van der Waals surface area contributed by atoms with Crippen LogP contribution in [0.5, 0.6) is 0 Å². The normalized spacial score (nSPS) is 25.4. The third kappa shape index (κ3) is 2.49. The highest BCUT2D eigenvalue weighted by Gasteiger charge is 2.21. The Morgan fingerprint density at radius 3 is 2.69 bits per heavy atom. The summed E-state index contributed by atoms with van der Waals surface area (Å²) in [6, 6.07) is 6.75. The first kappa shape index (κ1) is 11.3. The average molecular weight is 218 g/mol. The minimum absolute atomic E-state index is 0.635. The number of aryl methyl sites for hydroxylation is 1. The summed E-state index contributed by atoms with van der Waals surface area (Å²) in [4.78, 5) is 0. The molecule has 0 radical (unpaired) electrons. The van der Waals surface area contributed by atoms with Gasteiger partial charge in [-0.05, 0) is 49.4 Å². The van der Waals surface area contributed by atoms with Crippen LogP contribution in [-0.2, 0) is 0 Å². The maximum atomic E-state index is 5.76. The molecular weight excluding hydrogens is 196 g/mol. The second-order valence-electron chi connectivity index (χ2n) is 5.09. The molecule has 1 aliphatic carbocycles. The van der Waals surface area contributed by atoms with Crippen LogP contribution in [0.3, 0.4) is 0 Å². The fraction of sp³-hybridized carbons (Fsp3) is 0.571. The molecule has 0 aliphatic heterocycles. The van der Waals surface area contributed by atoms with Gasteiger partial charge in [-0.2, -0.15) is 0 Å². The lowest BCUT2D eigenvalue weighted by Crippen LogP contribution is -2.30. The van der Waals surface area contributed by atoms with Crippen molar-refractivity contribution in [2.45, 2.75) is 45.6 Å². The molecule has 2 heteroatoms. The molecule has 0 aromatic heterocycles. The number of anilines is 2. The van der Waals surface area contributed by atoms with Crippen molar-refractivity contribution in [3.8, 4) is 0 Å². The summed E-state index contributed by atoms with van der Waals surface area (Å²) in [7, 11) is 0. The van der Waals surface area contributed by atoms with E-state index in [1.807, 2.05) is 12.1 Å². The quantitative estimate of drug-likeness (QED) is 0.745. The average Bonchev–Trinajstić information content (AvgIpc) is 2.25. The Balaban J connectivity index is 2.07. The van der Waals surface area contributed by atoms with Crippen LogP contribution in [0.25, 0.3) is 0 Å². The van der Waals surface area contributed by atoms with Gasteiger partial charge in [-0.15, -0.1) is 0 Å². The van der Waals surface area contributed by atoms with E-state index in [4.69, 9.17) is 5.73 Å². The first-order valence-corrected chi connectivity index (χ1v) is 6.29. The van der Waals surface area contributed by atoms with Gasteiger partial charge in [-0.25, -0.2) is 0 Å². The third-order valence-electron chi connectivity index (χ3n) is 3.70. The minimum Gasteiger partial charge on any atom is -0.399 e. The number of benzene rings is 1. The predicted molar refractivity (Wildman–Crippen MR) is 70.6 cm³/mol. The van der Waals surface area contributed by atoms with Gasteiger partial charge in [0.05, 0.1) is 0 Å². The fourth-order valence-electron chi connectivity index (χ4n) is 2.58. The molecule has 88 valence electrons. The summed E-state index contributed by atoms with van der Waals surface area (Å²) in [6.45, 7) is 4.47. The molecule has 1 aromatic carbocycles. The standard InChI is InChI=1S/C14H22N2/c1-10-5-3-4-6-13(10)16-14-8-7-12(15)9-11(14)2/h7-10,13,16H,3-6,15H2,1-2H3/t10-,13-/m0/s1. The van der Waals surface area contributed by atoms with Crippen molar-refractivity contribution in [2.24, 2.45) is 5.92 Å². The van der Waals surface area contributed by atoms with E-state index in [9.17, 15) is 0 Å². The number of hydrogen-bond acceptors (Lipinski definition) is 2. The third-order valence-corrected chi connectivity index (χ3v) is 3.70. The van der Waals surface area contributed by atoms with E-state index in [1.54, 1.807) is 0 Å². The molecule has 3 N–H and O–H groups in total. The van der Waals surface area contributed by atoms with Crippen molar-refractivity contribution < 1.29 is 0 Å². The minimum atomic E-state index is 0.635. The summed E-state index contributed by atoms with van der Waals surface area (Å²) < 4.78 is 0. The lowest BCUT2D eigenvalue weighted by Gasteiger charge is -2.31. The molecule has 16 heavy (non-hydrogen) atoms.